The summed E-state index contributed by atoms with van der Waals surface area (Å²) in [6, 6.07) is 12.7. The average Bonchev–Trinajstić information content (AvgIpc) is 2.90. The number of carboxylic acids is 2. The first-order valence-electron chi connectivity index (χ1n) is 11.9. The first-order valence-corrected chi connectivity index (χ1v) is 11.9. The van der Waals surface area contributed by atoms with Crippen molar-refractivity contribution < 1.29 is 49.8 Å². The van der Waals surface area contributed by atoms with Crippen molar-refractivity contribution in [2.24, 2.45) is 0 Å². The number of rotatable bonds is 3. The van der Waals surface area contributed by atoms with Gasteiger partial charge >= 0.3 is 11.9 Å². The van der Waals surface area contributed by atoms with E-state index in [0.29, 0.717) is 0 Å². The highest BCUT2D eigenvalue weighted by molar-refractivity contribution is 6.17. The summed E-state index contributed by atoms with van der Waals surface area (Å²) in [4.78, 5) is 51.0. The van der Waals surface area contributed by atoms with Crippen molar-refractivity contribution >= 4 is 23.5 Å². The normalized spacial score (nSPS) is 16.9. The SMILES string of the molecule is O=C(O)c1cc(O)c2c(c1)C(C1c3c(O)cccc3C(=O)c3ccc(C(=O)O)c(O)c31)c1cccc(O)c1C2=O. The van der Waals surface area contributed by atoms with Crippen LogP contribution in [0.5, 0.6) is 23.0 Å². The number of aromatic carboxylic acids is 2. The molecule has 10 nitrogen and oxygen atoms in total. The molecule has 0 aromatic heterocycles. The van der Waals surface area contributed by atoms with Crippen LogP contribution >= 0.6 is 0 Å². The monoisotopic (exact) mass is 538 g/mol. The van der Waals surface area contributed by atoms with Gasteiger partial charge in [-0.3, -0.25) is 9.59 Å². The lowest BCUT2D eigenvalue weighted by atomic mass is 9.63. The summed E-state index contributed by atoms with van der Waals surface area (Å²) < 4.78 is 0. The minimum absolute atomic E-state index is 0.00218. The molecule has 0 spiro atoms. The number of aromatic hydroxyl groups is 4. The van der Waals surface area contributed by atoms with Crippen LogP contribution in [0.3, 0.4) is 0 Å². The highest BCUT2D eigenvalue weighted by Gasteiger charge is 2.46. The van der Waals surface area contributed by atoms with Gasteiger partial charge in [-0.2, -0.15) is 0 Å². The van der Waals surface area contributed by atoms with Gasteiger partial charge < -0.3 is 30.6 Å². The zero-order valence-corrected chi connectivity index (χ0v) is 20.2. The van der Waals surface area contributed by atoms with Gasteiger partial charge in [-0.25, -0.2) is 9.59 Å². The molecule has 40 heavy (non-hydrogen) atoms. The Morgan fingerprint density at radius 2 is 1.25 bits per heavy atom. The van der Waals surface area contributed by atoms with E-state index in [1.165, 1.54) is 48.5 Å². The summed E-state index contributed by atoms with van der Waals surface area (Å²) in [6.07, 6.45) is 0. The van der Waals surface area contributed by atoms with Crippen LogP contribution in [0, 0.1) is 0 Å². The van der Waals surface area contributed by atoms with E-state index in [1.54, 1.807) is 0 Å². The first-order chi connectivity index (χ1) is 19.0. The Bertz CT molecular complexity index is 1850. The number of hydrogen-bond donors (Lipinski definition) is 6. The summed E-state index contributed by atoms with van der Waals surface area (Å²) in [7, 11) is 0. The number of phenols is 4. The van der Waals surface area contributed by atoms with Crippen molar-refractivity contribution in [3.8, 4) is 23.0 Å². The average molecular weight is 538 g/mol. The van der Waals surface area contributed by atoms with E-state index < -0.39 is 58.2 Å². The van der Waals surface area contributed by atoms with Gasteiger partial charge in [-0.15, -0.1) is 0 Å². The molecule has 0 fully saturated rings. The Labute approximate surface area is 224 Å². The molecular weight excluding hydrogens is 520 g/mol. The molecule has 10 heteroatoms. The molecule has 4 aromatic carbocycles. The van der Waals surface area contributed by atoms with Crippen molar-refractivity contribution in [1.82, 2.24) is 0 Å². The van der Waals surface area contributed by atoms with Gasteiger partial charge in [0.1, 0.15) is 28.6 Å². The van der Waals surface area contributed by atoms with E-state index in [4.69, 9.17) is 0 Å². The quantitative estimate of drug-likeness (QED) is 0.223. The zero-order valence-electron chi connectivity index (χ0n) is 20.2. The Morgan fingerprint density at radius 1 is 0.600 bits per heavy atom. The summed E-state index contributed by atoms with van der Waals surface area (Å²) in [6.45, 7) is 0. The van der Waals surface area contributed by atoms with Gasteiger partial charge in [-0.05, 0) is 47.5 Å². The summed E-state index contributed by atoms with van der Waals surface area (Å²) in [5.41, 5.74) is -1.47. The van der Waals surface area contributed by atoms with Gasteiger partial charge in [0.25, 0.3) is 0 Å². The molecule has 0 radical (unpaired) electrons. The van der Waals surface area contributed by atoms with Crippen LogP contribution in [0.1, 0.15) is 86.6 Å². The zero-order chi connectivity index (χ0) is 28.6. The molecule has 2 unspecified atom stereocenters. The molecule has 0 saturated carbocycles. The number of carboxylic acid groups (broad SMARTS) is 2. The molecule has 4 aromatic rings. The molecule has 0 heterocycles. The fourth-order valence-corrected chi connectivity index (χ4v) is 5.97. The van der Waals surface area contributed by atoms with Crippen molar-refractivity contribution in [3.05, 3.63) is 116 Å². The van der Waals surface area contributed by atoms with Crippen molar-refractivity contribution in [1.29, 1.82) is 0 Å². The molecule has 6 rings (SSSR count). The minimum atomic E-state index is -1.49. The smallest absolute Gasteiger partial charge is 0.339 e. The third kappa shape index (κ3) is 3.22. The summed E-state index contributed by atoms with van der Waals surface area (Å²) >= 11 is 0. The number of hydrogen-bond acceptors (Lipinski definition) is 8. The van der Waals surface area contributed by atoms with Gasteiger partial charge in [0.2, 0.25) is 5.78 Å². The lowest BCUT2D eigenvalue weighted by molar-refractivity contribution is 0.0683. The van der Waals surface area contributed by atoms with E-state index >= 15 is 0 Å². The van der Waals surface area contributed by atoms with E-state index in [2.05, 4.69) is 0 Å². The summed E-state index contributed by atoms with van der Waals surface area (Å²) in [5, 5.41) is 63.4. The maximum Gasteiger partial charge on any atom is 0.339 e. The van der Waals surface area contributed by atoms with Crippen molar-refractivity contribution in [2.75, 3.05) is 0 Å². The van der Waals surface area contributed by atoms with E-state index in [9.17, 15) is 49.8 Å². The Morgan fingerprint density at radius 3 is 1.95 bits per heavy atom. The molecule has 198 valence electrons. The molecule has 0 saturated heterocycles. The topological polar surface area (TPSA) is 190 Å². The highest BCUT2D eigenvalue weighted by Crippen LogP contribution is 2.57. The predicted octanol–water partition coefficient (Wildman–Crippen LogP) is 3.96. The Balaban J connectivity index is 1.80. The second kappa shape index (κ2) is 8.43. The van der Waals surface area contributed by atoms with Crippen LogP contribution in [-0.2, 0) is 0 Å². The minimum Gasteiger partial charge on any atom is -0.508 e. The lowest BCUT2D eigenvalue weighted by Gasteiger charge is -2.38. The van der Waals surface area contributed by atoms with E-state index in [-0.39, 0.29) is 55.8 Å². The standard InChI is InChI=1S/C30H18O10/c31-17-5-2-4-13-21(17)25(24-14(26(13)34)7-8-15(27(24)35)30(39)40)20-12-3-1-6-18(32)22(12)28(36)23-16(20)9-11(29(37)38)10-19(23)33/h1-10,20,25,31-33,35H,(H,37,38)(H,39,40). The third-order valence-corrected chi connectivity index (χ3v) is 7.57. The molecule has 0 aliphatic heterocycles. The van der Waals surface area contributed by atoms with E-state index in [0.717, 1.165) is 12.1 Å². The Kier molecular flexibility index (Phi) is 5.20. The predicted molar refractivity (Wildman–Crippen MR) is 137 cm³/mol. The van der Waals surface area contributed by atoms with Crippen LogP contribution in [0.4, 0.5) is 0 Å². The molecule has 2 atom stereocenters. The maximum absolute atomic E-state index is 13.6. The molecule has 0 bridgehead atoms. The number of phenolic OH excluding ortho intramolecular Hbond substituents is 3. The molecular formula is C30H18O10. The molecule has 0 amide bonds. The number of fused-ring (bicyclic) bond motifs is 4. The van der Waals surface area contributed by atoms with Crippen LogP contribution < -0.4 is 0 Å². The molecule has 2 aliphatic carbocycles. The number of benzene rings is 4. The van der Waals surface area contributed by atoms with Crippen LogP contribution in [-0.4, -0.2) is 54.1 Å². The van der Waals surface area contributed by atoms with Crippen LogP contribution in [0.25, 0.3) is 0 Å². The van der Waals surface area contributed by atoms with Gasteiger partial charge in [-0.1, -0.05) is 24.3 Å². The van der Waals surface area contributed by atoms with E-state index in [1.807, 2.05) is 0 Å². The van der Waals surface area contributed by atoms with Crippen LogP contribution in [0.2, 0.25) is 0 Å². The van der Waals surface area contributed by atoms with Gasteiger partial charge in [0.15, 0.2) is 5.78 Å². The fraction of sp³-hybridized carbons (Fsp3) is 0.0667. The Hall–Kier alpha value is -5.64. The highest BCUT2D eigenvalue weighted by atomic mass is 16.4. The second-order valence-electron chi connectivity index (χ2n) is 9.59. The first kappa shape index (κ1) is 24.7. The van der Waals surface area contributed by atoms with Crippen LogP contribution in [0.15, 0.2) is 60.7 Å². The number of carbonyl (C=O) groups is 4. The molecule has 6 N–H and O–H groups in total. The maximum atomic E-state index is 13.6. The van der Waals surface area contributed by atoms with Gasteiger partial charge in [0.05, 0.1) is 16.7 Å². The van der Waals surface area contributed by atoms with Gasteiger partial charge in [0, 0.05) is 34.1 Å². The third-order valence-electron chi connectivity index (χ3n) is 7.57. The van der Waals surface area contributed by atoms with Crippen molar-refractivity contribution in [2.45, 2.75) is 11.8 Å². The number of ketones is 2. The largest absolute Gasteiger partial charge is 0.508 e. The number of carbonyl (C=O) groups excluding carboxylic acids is 2. The van der Waals surface area contributed by atoms with Crippen molar-refractivity contribution in [3.63, 3.8) is 0 Å². The molecule has 2 aliphatic rings. The second-order valence-corrected chi connectivity index (χ2v) is 9.59. The summed E-state index contributed by atoms with van der Waals surface area (Å²) in [5.74, 6) is -8.98. The fourth-order valence-electron chi connectivity index (χ4n) is 5.97. The lowest BCUT2D eigenvalue weighted by Crippen LogP contribution is -2.30.